The van der Waals surface area contributed by atoms with Gasteiger partial charge in [0.25, 0.3) is 0 Å². The molecule has 0 bridgehead atoms. The lowest BCUT2D eigenvalue weighted by molar-refractivity contribution is 0.171. The third kappa shape index (κ3) is 4.06. The number of hydrogen-bond acceptors (Lipinski definition) is 5. The Balaban J connectivity index is 1.69. The lowest BCUT2D eigenvalue weighted by Gasteiger charge is -2.40. The van der Waals surface area contributed by atoms with E-state index in [0.29, 0.717) is 32.8 Å². The van der Waals surface area contributed by atoms with Crippen molar-refractivity contribution in [2.45, 2.75) is 37.9 Å². The van der Waals surface area contributed by atoms with Gasteiger partial charge in [0, 0.05) is 32.1 Å². The van der Waals surface area contributed by atoms with Crippen molar-refractivity contribution in [3.05, 3.63) is 23.8 Å². The van der Waals surface area contributed by atoms with Gasteiger partial charge in [-0.1, -0.05) is 19.9 Å². The van der Waals surface area contributed by atoms with Crippen LogP contribution in [-0.2, 0) is 15.3 Å². The monoisotopic (exact) mass is 409 g/mol. The Kier molecular flexibility index (Phi) is 5.53. The first-order valence-electron chi connectivity index (χ1n) is 9.64. The number of hydrogen-bond donors (Lipinski definition) is 1. The van der Waals surface area contributed by atoms with Gasteiger partial charge in [0.2, 0.25) is 0 Å². The summed E-state index contributed by atoms with van der Waals surface area (Å²) in [5.41, 5.74) is 0.963. The van der Waals surface area contributed by atoms with E-state index in [4.69, 9.17) is 9.47 Å². The van der Waals surface area contributed by atoms with Crippen molar-refractivity contribution in [2.75, 3.05) is 45.6 Å². The molecule has 1 aromatic carbocycles. The van der Waals surface area contributed by atoms with Crippen LogP contribution in [0, 0.1) is 0 Å². The molecule has 0 aromatic heterocycles. The van der Waals surface area contributed by atoms with Gasteiger partial charge in [-0.2, -0.15) is 0 Å². The predicted molar refractivity (Wildman–Crippen MR) is 111 cm³/mol. The van der Waals surface area contributed by atoms with Crippen LogP contribution in [0.25, 0.3) is 0 Å². The molecule has 0 aliphatic carbocycles. The molecule has 1 N–H and O–H groups in total. The molecule has 0 saturated carbocycles. The Labute approximate surface area is 168 Å². The van der Waals surface area contributed by atoms with E-state index in [-0.39, 0.29) is 11.2 Å². The molecule has 1 saturated heterocycles. The minimum Gasteiger partial charge on any atom is -0.486 e. The Morgan fingerprint density at radius 3 is 2.57 bits per heavy atom. The molecule has 3 rings (SSSR count). The van der Waals surface area contributed by atoms with Crippen LogP contribution in [-0.4, -0.2) is 69.7 Å². The summed E-state index contributed by atoms with van der Waals surface area (Å²) < 4.78 is 35.1. The number of aliphatic imine (C=N–C) groups is 1. The molecule has 2 aliphatic heterocycles. The van der Waals surface area contributed by atoms with Crippen molar-refractivity contribution in [3.8, 4) is 11.5 Å². The van der Waals surface area contributed by atoms with Gasteiger partial charge in [-0.15, -0.1) is 0 Å². The molecule has 7 nitrogen and oxygen atoms in total. The van der Waals surface area contributed by atoms with Crippen molar-refractivity contribution in [3.63, 3.8) is 0 Å². The van der Waals surface area contributed by atoms with Gasteiger partial charge in [-0.25, -0.2) is 8.42 Å². The molecule has 1 fully saturated rings. The zero-order valence-electron chi connectivity index (χ0n) is 17.4. The first-order chi connectivity index (χ1) is 13.1. The van der Waals surface area contributed by atoms with Gasteiger partial charge in [0.05, 0.1) is 10.5 Å². The van der Waals surface area contributed by atoms with Crippen LogP contribution in [0.15, 0.2) is 23.2 Å². The molecule has 0 spiro atoms. The summed E-state index contributed by atoms with van der Waals surface area (Å²) in [6, 6.07) is 6.06. The fraction of sp³-hybridized carbons (Fsp3) is 0.650. The van der Waals surface area contributed by atoms with Gasteiger partial charge < -0.3 is 19.7 Å². The number of guanidine groups is 1. The summed E-state index contributed by atoms with van der Waals surface area (Å²) in [5, 5.41) is 3.43. The molecule has 2 heterocycles. The normalized spacial score (nSPS) is 21.3. The van der Waals surface area contributed by atoms with E-state index in [0.717, 1.165) is 23.0 Å². The van der Waals surface area contributed by atoms with Crippen LogP contribution in [0.3, 0.4) is 0 Å². The Hall–Kier alpha value is -1.96. The second kappa shape index (κ2) is 7.46. The molecule has 1 aromatic rings. The number of sulfone groups is 1. The third-order valence-corrected chi connectivity index (χ3v) is 8.10. The first-order valence-corrected chi connectivity index (χ1v) is 11.3. The molecule has 0 atom stereocenters. The van der Waals surface area contributed by atoms with Crippen LogP contribution in [0.5, 0.6) is 11.5 Å². The standard InChI is InChI=1S/C20H31N3O4S/c1-19(2,15-6-7-16-17(12-15)27-10-9-26-16)13-22-18(21-5)23-8-11-28(24,25)20(3,4)14-23/h6-7,12H,8-11,13-14H2,1-5H3,(H,21,22). The maximum absolute atomic E-state index is 12.3. The molecular weight excluding hydrogens is 378 g/mol. The maximum atomic E-state index is 12.3. The van der Waals surface area contributed by atoms with Gasteiger partial charge in [-0.05, 0) is 31.5 Å². The molecule has 156 valence electrons. The molecule has 28 heavy (non-hydrogen) atoms. The average Bonchev–Trinajstić information content (AvgIpc) is 2.64. The van der Waals surface area contributed by atoms with E-state index in [1.54, 1.807) is 20.9 Å². The molecule has 8 heteroatoms. The van der Waals surface area contributed by atoms with Crippen molar-refractivity contribution < 1.29 is 17.9 Å². The highest BCUT2D eigenvalue weighted by Crippen LogP contribution is 2.35. The lowest BCUT2D eigenvalue weighted by atomic mass is 9.84. The second-order valence-corrected chi connectivity index (χ2v) is 11.4. The van der Waals surface area contributed by atoms with E-state index in [1.807, 2.05) is 17.0 Å². The summed E-state index contributed by atoms with van der Waals surface area (Å²) in [4.78, 5) is 6.41. The number of fused-ring (bicyclic) bond motifs is 1. The minimum absolute atomic E-state index is 0.145. The first kappa shape index (κ1) is 20.8. The number of ether oxygens (including phenoxy) is 2. The van der Waals surface area contributed by atoms with E-state index >= 15 is 0 Å². The van der Waals surface area contributed by atoms with Crippen molar-refractivity contribution in [1.82, 2.24) is 10.2 Å². The van der Waals surface area contributed by atoms with Crippen molar-refractivity contribution >= 4 is 15.8 Å². The fourth-order valence-electron chi connectivity index (χ4n) is 3.52. The van der Waals surface area contributed by atoms with Crippen molar-refractivity contribution in [1.29, 1.82) is 0 Å². The Morgan fingerprint density at radius 2 is 1.93 bits per heavy atom. The SMILES string of the molecule is CN=C(NCC(C)(C)c1ccc2c(c1)OCCO2)N1CCS(=O)(=O)C(C)(C)C1. The molecule has 0 amide bonds. The third-order valence-electron chi connectivity index (χ3n) is 5.57. The highest BCUT2D eigenvalue weighted by molar-refractivity contribution is 7.92. The second-order valence-electron chi connectivity index (χ2n) is 8.64. The molecule has 0 unspecified atom stereocenters. The highest BCUT2D eigenvalue weighted by Gasteiger charge is 2.41. The Bertz CT molecular complexity index is 862. The zero-order chi connectivity index (χ0) is 20.6. The minimum atomic E-state index is -3.08. The van der Waals surface area contributed by atoms with E-state index in [2.05, 4.69) is 30.2 Å². The quantitative estimate of drug-likeness (QED) is 0.606. The van der Waals surface area contributed by atoms with Crippen LogP contribution in [0.4, 0.5) is 0 Å². The van der Waals surface area contributed by atoms with Gasteiger partial charge in [0.1, 0.15) is 13.2 Å². The molecule has 0 radical (unpaired) electrons. The zero-order valence-corrected chi connectivity index (χ0v) is 18.2. The summed E-state index contributed by atoms with van der Waals surface area (Å²) in [6.45, 7) is 10.6. The summed E-state index contributed by atoms with van der Waals surface area (Å²) in [7, 11) is -1.35. The summed E-state index contributed by atoms with van der Waals surface area (Å²) in [6.07, 6.45) is 0. The summed E-state index contributed by atoms with van der Waals surface area (Å²) in [5.74, 6) is 2.44. The Morgan fingerprint density at radius 1 is 1.25 bits per heavy atom. The van der Waals surface area contributed by atoms with Crippen molar-refractivity contribution in [2.24, 2.45) is 4.99 Å². The van der Waals surface area contributed by atoms with E-state index in [1.165, 1.54) is 0 Å². The predicted octanol–water partition coefficient (Wildman–Crippen LogP) is 1.82. The number of benzene rings is 1. The van der Waals surface area contributed by atoms with Crippen LogP contribution in [0.1, 0.15) is 33.3 Å². The largest absolute Gasteiger partial charge is 0.486 e. The lowest BCUT2D eigenvalue weighted by Crippen LogP contribution is -2.58. The number of nitrogens with one attached hydrogen (secondary N) is 1. The van der Waals surface area contributed by atoms with E-state index < -0.39 is 14.6 Å². The number of rotatable bonds is 3. The smallest absolute Gasteiger partial charge is 0.193 e. The topological polar surface area (TPSA) is 80.2 Å². The fourth-order valence-corrected chi connectivity index (χ4v) is 4.89. The highest BCUT2D eigenvalue weighted by atomic mass is 32.2. The summed E-state index contributed by atoms with van der Waals surface area (Å²) >= 11 is 0. The molecular formula is C20H31N3O4S. The van der Waals surface area contributed by atoms with Crippen LogP contribution >= 0.6 is 0 Å². The van der Waals surface area contributed by atoms with Crippen LogP contribution < -0.4 is 14.8 Å². The average molecular weight is 410 g/mol. The van der Waals surface area contributed by atoms with Crippen LogP contribution in [0.2, 0.25) is 0 Å². The van der Waals surface area contributed by atoms with Gasteiger partial charge in [0.15, 0.2) is 27.3 Å². The van der Waals surface area contributed by atoms with E-state index in [9.17, 15) is 8.42 Å². The van der Waals surface area contributed by atoms with Gasteiger partial charge >= 0.3 is 0 Å². The molecule has 2 aliphatic rings. The maximum Gasteiger partial charge on any atom is 0.193 e. The van der Waals surface area contributed by atoms with Gasteiger partial charge in [-0.3, -0.25) is 4.99 Å². The number of nitrogens with zero attached hydrogens (tertiary/aromatic N) is 2.